The number of aliphatic hydroxyl groups is 1. The van der Waals surface area contributed by atoms with Crippen molar-refractivity contribution in [2.24, 2.45) is 10.9 Å². The van der Waals surface area contributed by atoms with Crippen molar-refractivity contribution in [3.8, 4) is 0 Å². The number of nitrogens with zero attached hydrogens (tertiary/aromatic N) is 2. The summed E-state index contributed by atoms with van der Waals surface area (Å²) in [4.78, 5) is 2.10. The lowest BCUT2D eigenvalue weighted by molar-refractivity contribution is -0.152. The topological polar surface area (TPSA) is 91.3 Å². The van der Waals surface area contributed by atoms with Gasteiger partial charge in [-0.25, -0.2) is 0 Å². The molecular weight excluding hydrogens is 222 g/mol. The molecule has 17 heavy (non-hydrogen) atoms. The number of rotatable bonds is 4. The third-order valence-electron chi connectivity index (χ3n) is 3.00. The molecule has 1 saturated heterocycles. The van der Waals surface area contributed by atoms with E-state index < -0.39 is 0 Å². The fourth-order valence-electron chi connectivity index (χ4n) is 2.39. The van der Waals surface area contributed by atoms with Crippen molar-refractivity contribution >= 4 is 5.84 Å². The van der Waals surface area contributed by atoms with Crippen LogP contribution < -0.4 is 5.73 Å². The minimum Gasteiger partial charge on any atom is -0.409 e. The number of morpholine rings is 1. The van der Waals surface area contributed by atoms with Gasteiger partial charge in [-0.05, 0) is 20.3 Å². The molecule has 6 nitrogen and oxygen atoms in total. The van der Waals surface area contributed by atoms with E-state index in [1.165, 1.54) is 0 Å². The van der Waals surface area contributed by atoms with E-state index in [1.807, 2.05) is 20.8 Å². The van der Waals surface area contributed by atoms with Crippen LogP contribution in [-0.4, -0.2) is 58.5 Å². The van der Waals surface area contributed by atoms with Crippen LogP contribution in [0.3, 0.4) is 0 Å². The third-order valence-corrected chi connectivity index (χ3v) is 3.00. The van der Waals surface area contributed by atoms with Crippen molar-refractivity contribution in [2.45, 2.75) is 44.9 Å². The van der Waals surface area contributed by atoms with Crippen LogP contribution in [0.5, 0.6) is 0 Å². The molecule has 1 heterocycles. The highest BCUT2D eigenvalue weighted by atomic mass is 16.5. The van der Waals surface area contributed by atoms with Crippen LogP contribution in [0.4, 0.5) is 0 Å². The van der Waals surface area contributed by atoms with E-state index in [0.717, 1.165) is 6.42 Å². The summed E-state index contributed by atoms with van der Waals surface area (Å²) in [6.07, 6.45) is 0.531. The van der Waals surface area contributed by atoms with Crippen molar-refractivity contribution in [3.05, 3.63) is 0 Å². The second kappa shape index (κ2) is 5.66. The Balaban J connectivity index is 2.81. The maximum atomic E-state index is 9.23. The predicted octanol–water partition coefficient (Wildman–Crippen LogP) is -0.0169. The molecule has 1 aliphatic rings. The average molecular weight is 245 g/mol. The van der Waals surface area contributed by atoms with E-state index in [4.69, 9.17) is 15.7 Å². The summed E-state index contributed by atoms with van der Waals surface area (Å²) in [5.41, 5.74) is 5.35. The maximum absolute atomic E-state index is 9.23. The number of hydrogen-bond acceptors (Lipinski definition) is 5. The summed E-state index contributed by atoms with van der Waals surface area (Å²) in [7, 11) is 0. The van der Waals surface area contributed by atoms with Crippen LogP contribution in [-0.2, 0) is 4.74 Å². The molecule has 0 aromatic heterocycles. The first-order chi connectivity index (χ1) is 7.93. The fraction of sp³-hybridized carbons (Fsp3) is 0.909. The normalized spacial score (nSPS) is 28.0. The number of ether oxygens (including phenoxy) is 1. The van der Waals surface area contributed by atoms with Crippen LogP contribution in [0.15, 0.2) is 5.16 Å². The van der Waals surface area contributed by atoms with Gasteiger partial charge < -0.3 is 20.8 Å². The Labute approximate surface area is 102 Å². The van der Waals surface area contributed by atoms with E-state index in [0.29, 0.717) is 13.1 Å². The van der Waals surface area contributed by atoms with Gasteiger partial charge >= 0.3 is 0 Å². The van der Waals surface area contributed by atoms with Gasteiger partial charge in [-0.2, -0.15) is 0 Å². The zero-order chi connectivity index (χ0) is 13.1. The van der Waals surface area contributed by atoms with Crippen molar-refractivity contribution in [1.29, 1.82) is 0 Å². The minimum absolute atomic E-state index is 0.0213. The zero-order valence-electron chi connectivity index (χ0n) is 10.8. The highest BCUT2D eigenvalue weighted by molar-refractivity contribution is 5.85. The molecule has 1 aliphatic heterocycles. The van der Waals surface area contributed by atoms with Gasteiger partial charge in [0.1, 0.15) is 0 Å². The van der Waals surface area contributed by atoms with Gasteiger partial charge in [-0.1, -0.05) is 12.1 Å². The first-order valence-corrected chi connectivity index (χ1v) is 5.93. The number of hydrogen-bond donors (Lipinski definition) is 3. The molecule has 2 atom stereocenters. The Bertz CT molecular complexity index is 281. The Kier molecular flexibility index (Phi) is 4.73. The molecule has 0 aromatic rings. The van der Waals surface area contributed by atoms with E-state index in [9.17, 15) is 5.11 Å². The van der Waals surface area contributed by atoms with Crippen LogP contribution in [0, 0.1) is 0 Å². The molecule has 0 amide bonds. The van der Waals surface area contributed by atoms with Gasteiger partial charge in [-0.3, -0.25) is 4.90 Å². The first kappa shape index (κ1) is 14.2. The van der Waals surface area contributed by atoms with Crippen molar-refractivity contribution in [3.63, 3.8) is 0 Å². The molecule has 1 fully saturated rings. The summed E-state index contributed by atoms with van der Waals surface area (Å²) in [5.74, 6) is 0.210. The minimum atomic E-state index is -0.338. The molecule has 1 rings (SSSR count). The number of nitrogens with two attached hydrogens (primary N) is 1. The van der Waals surface area contributed by atoms with E-state index in [-0.39, 0.29) is 30.2 Å². The second-order valence-electron chi connectivity index (χ2n) is 5.06. The quantitative estimate of drug-likeness (QED) is 0.280. The zero-order valence-corrected chi connectivity index (χ0v) is 10.8. The van der Waals surface area contributed by atoms with E-state index >= 15 is 0 Å². The number of oxime groups is 1. The SMILES string of the molecule is CCC(C(N)=NO)N1CC(CO)OC(C)(C)C1. The molecule has 100 valence electrons. The van der Waals surface area contributed by atoms with Gasteiger partial charge in [0.05, 0.1) is 24.4 Å². The maximum Gasteiger partial charge on any atom is 0.156 e. The summed E-state index contributed by atoms with van der Waals surface area (Å²) in [6.45, 7) is 7.19. The van der Waals surface area contributed by atoms with Crippen LogP contribution in [0.2, 0.25) is 0 Å². The summed E-state index contributed by atoms with van der Waals surface area (Å²) in [6, 6.07) is -0.114. The third kappa shape index (κ3) is 3.55. The largest absolute Gasteiger partial charge is 0.409 e. The Hall–Kier alpha value is -0.850. The molecule has 0 bridgehead atoms. The molecule has 4 N–H and O–H groups in total. The van der Waals surface area contributed by atoms with Gasteiger partial charge in [0, 0.05) is 13.1 Å². The first-order valence-electron chi connectivity index (χ1n) is 5.93. The van der Waals surface area contributed by atoms with Gasteiger partial charge in [0.2, 0.25) is 0 Å². The van der Waals surface area contributed by atoms with Crippen LogP contribution >= 0.6 is 0 Å². The number of aliphatic hydroxyl groups excluding tert-OH is 1. The Morgan fingerprint density at radius 3 is 2.76 bits per heavy atom. The lowest BCUT2D eigenvalue weighted by Crippen LogP contribution is -2.59. The summed E-state index contributed by atoms with van der Waals surface area (Å²) >= 11 is 0. The Morgan fingerprint density at radius 2 is 2.29 bits per heavy atom. The smallest absolute Gasteiger partial charge is 0.156 e. The molecule has 0 aliphatic carbocycles. The predicted molar refractivity (Wildman–Crippen MR) is 65.1 cm³/mol. The number of amidine groups is 1. The van der Waals surface area contributed by atoms with E-state index in [2.05, 4.69) is 10.1 Å². The van der Waals surface area contributed by atoms with Crippen LogP contribution in [0.25, 0.3) is 0 Å². The summed E-state index contributed by atoms with van der Waals surface area (Å²) < 4.78 is 5.73. The Morgan fingerprint density at radius 1 is 1.65 bits per heavy atom. The van der Waals surface area contributed by atoms with Crippen molar-refractivity contribution in [1.82, 2.24) is 4.90 Å². The standard InChI is InChI=1S/C11H23N3O3/c1-4-9(10(12)13-16)14-5-8(6-15)17-11(2,3)7-14/h8-9,15-16H,4-7H2,1-3H3,(H2,12,13). The lowest BCUT2D eigenvalue weighted by atomic mass is 10.0. The van der Waals surface area contributed by atoms with Gasteiger partial charge in [0.15, 0.2) is 5.84 Å². The molecule has 0 saturated carbocycles. The highest BCUT2D eigenvalue weighted by Crippen LogP contribution is 2.23. The van der Waals surface area contributed by atoms with Gasteiger partial charge in [-0.15, -0.1) is 0 Å². The van der Waals surface area contributed by atoms with Crippen molar-refractivity contribution < 1.29 is 15.1 Å². The molecule has 6 heteroatoms. The molecule has 0 aromatic carbocycles. The highest BCUT2D eigenvalue weighted by Gasteiger charge is 2.36. The average Bonchev–Trinajstić information content (AvgIpc) is 2.27. The second-order valence-corrected chi connectivity index (χ2v) is 5.06. The molecule has 2 unspecified atom stereocenters. The fourth-order valence-corrected chi connectivity index (χ4v) is 2.39. The monoisotopic (exact) mass is 245 g/mol. The van der Waals surface area contributed by atoms with Crippen molar-refractivity contribution in [2.75, 3.05) is 19.7 Å². The molecular formula is C11H23N3O3. The van der Waals surface area contributed by atoms with E-state index in [1.54, 1.807) is 0 Å². The molecule has 0 radical (unpaired) electrons. The summed E-state index contributed by atoms with van der Waals surface area (Å²) in [5, 5.41) is 21.1. The van der Waals surface area contributed by atoms with Gasteiger partial charge in [0.25, 0.3) is 0 Å². The molecule has 0 spiro atoms. The van der Waals surface area contributed by atoms with Crippen LogP contribution in [0.1, 0.15) is 27.2 Å². The lowest BCUT2D eigenvalue weighted by Gasteiger charge is -2.45.